The Balaban J connectivity index is 2.10. The lowest BCUT2D eigenvalue weighted by molar-refractivity contribution is 0.543. The molecule has 0 atom stereocenters. The van der Waals surface area contributed by atoms with Crippen molar-refractivity contribution >= 4 is 26.8 Å². The summed E-state index contributed by atoms with van der Waals surface area (Å²) in [5.74, 6) is -1.07. The zero-order valence-corrected chi connectivity index (χ0v) is 12.4. The summed E-state index contributed by atoms with van der Waals surface area (Å²) >= 11 is 3.09. The number of aryl methyl sites for hydroxylation is 1. The molecule has 0 spiro atoms. The maximum Gasteiger partial charge on any atom is 0.145 e. The summed E-state index contributed by atoms with van der Waals surface area (Å²) < 4.78 is 30.0. The predicted octanol–water partition coefficient (Wildman–Crippen LogP) is 5.04. The molecule has 3 rings (SSSR count). The van der Waals surface area contributed by atoms with Gasteiger partial charge in [0.25, 0.3) is 0 Å². The zero-order valence-electron chi connectivity index (χ0n) is 10.8. The number of fused-ring (bicyclic) bond motifs is 1. The second kappa shape index (κ2) is 5.02. The molecule has 1 heterocycles. The van der Waals surface area contributed by atoms with Crippen molar-refractivity contribution in [1.82, 2.24) is 4.57 Å². The van der Waals surface area contributed by atoms with Crippen LogP contribution in [0.1, 0.15) is 11.1 Å². The molecule has 0 aliphatic heterocycles. The lowest BCUT2D eigenvalue weighted by Gasteiger charge is -2.09. The van der Waals surface area contributed by atoms with E-state index in [2.05, 4.69) is 15.9 Å². The van der Waals surface area contributed by atoms with Crippen molar-refractivity contribution in [2.75, 3.05) is 0 Å². The number of hydrogen-bond acceptors (Lipinski definition) is 0. The molecule has 102 valence electrons. The van der Waals surface area contributed by atoms with Gasteiger partial charge in [0.15, 0.2) is 0 Å². The molecule has 20 heavy (non-hydrogen) atoms. The summed E-state index contributed by atoms with van der Waals surface area (Å²) in [6.07, 6.45) is 1.85. The SMILES string of the molecule is Cc1ccc2ccn(Cc3c(F)ccc(Br)c3F)c2c1. The summed E-state index contributed by atoms with van der Waals surface area (Å²) in [6.45, 7) is 2.17. The summed E-state index contributed by atoms with van der Waals surface area (Å²) in [5, 5.41) is 1.06. The highest BCUT2D eigenvalue weighted by Gasteiger charge is 2.13. The highest BCUT2D eigenvalue weighted by molar-refractivity contribution is 9.10. The minimum absolute atomic E-state index is 0.0679. The molecule has 0 aliphatic carbocycles. The van der Waals surface area contributed by atoms with E-state index < -0.39 is 11.6 Å². The quantitative estimate of drug-likeness (QED) is 0.578. The fourth-order valence-electron chi connectivity index (χ4n) is 2.32. The third kappa shape index (κ3) is 2.24. The molecule has 0 N–H and O–H groups in total. The van der Waals surface area contributed by atoms with Crippen LogP contribution in [0.2, 0.25) is 0 Å². The molecule has 0 bridgehead atoms. The Morgan fingerprint density at radius 2 is 1.90 bits per heavy atom. The van der Waals surface area contributed by atoms with Gasteiger partial charge in [0.05, 0.1) is 11.0 Å². The maximum atomic E-state index is 14.0. The van der Waals surface area contributed by atoms with Gasteiger partial charge in [-0.05, 0) is 58.1 Å². The molecule has 0 saturated carbocycles. The molecule has 0 unspecified atom stereocenters. The van der Waals surface area contributed by atoms with Gasteiger partial charge >= 0.3 is 0 Å². The van der Waals surface area contributed by atoms with E-state index in [9.17, 15) is 8.78 Å². The maximum absolute atomic E-state index is 14.0. The van der Waals surface area contributed by atoms with Gasteiger partial charge in [-0.3, -0.25) is 0 Å². The monoisotopic (exact) mass is 335 g/mol. The van der Waals surface area contributed by atoms with Crippen molar-refractivity contribution in [2.45, 2.75) is 13.5 Å². The van der Waals surface area contributed by atoms with Gasteiger partial charge in [-0.2, -0.15) is 0 Å². The lowest BCUT2D eigenvalue weighted by Crippen LogP contribution is -2.04. The van der Waals surface area contributed by atoms with Crippen molar-refractivity contribution in [3.05, 3.63) is 69.8 Å². The average Bonchev–Trinajstić information content (AvgIpc) is 2.81. The number of rotatable bonds is 2. The Morgan fingerprint density at radius 3 is 2.70 bits per heavy atom. The smallest absolute Gasteiger partial charge is 0.145 e. The normalized spacial score (nSPS) is 11.2. The molecule has 3 aromatic rings. The van der Waals surface area contributed by atoms with Gasteiger partial charge in [0.1, 0.15) is 11.6 Å². The van der Waals surface area contributed by atoms with Crippen LogP contribution in [0.25, 0.3) is 10.9 Å². The van der Waals surface area contributed by atoms with E-state index in [0.29, 0.717) is 0 Å². The third-order valence-corrected chi connectivity index (χ3v) is 4.01. The van der Waals surface area contributed by atoms with E-state index in [1.54, 1.807) is 0 Å². The average molecular weight is 336 g/mol. The zero-order chi connectivity index (χ0) is 14.3. The Bertz CT molecular complexity index is 793. The second-order valence-electron chi connectivity index (χ2n) is 4.83. The van der Waals surface area contributed by atoms with E-state index in [0.717, 1.165) is 16.5 Å². The van der Waals surface area contributed by atoms with Gasteiger partial charge in [-0.25, -0.2) is 8.78 Å². The molecule has 1 aromatic heterocycles. The first-order valence-electron chi connectivity index (χ1n) is 6.24. The number of halogens is 3. The van der Waals surface area contributed by atoms with Crippen LogP contribution in [0.4, 0.5) is 8.78 Å². The standard InChI is InChI=1S/C16H12BrF2N/c1-10-2-3-11-6-7-20(15(11)8-10)9-12-14(18)5-4-13(17)16(12)19/h2-8H,9H2,1H3. The summed E-state index contributed by atoms with van der Waals surface area (Å²) in [5.41, 5.74) is 2.16. The Morgan fingerprint density at radius 1 is 1.10 bits per heavy atom. The molecule has 4 heteroatoms. The van der Waals surface area contributed by atoms with E-state index in [1.807, 2.05) is 42.0 Å². The molecule has 1 nitrogen and oxygen atoms in total. The minimum atomic E-state index is -0.542. The molecule has 0 aliphatic rings. The Hall–Kier alpha value is -1.68. The van der Waals surface area contributed by atoms with Gasteiger partial charge < -0.3 is 4.57 Å². The largest absolute Gasteiger partial charge is 0.343 e. The molecule has 0 fully saturated rings. The Labute approximate surface area is 124 Å². The van der Waals surface area contributed by atoms with Crippen LogP contribution in [0, 0.1) is 18.6 Å². The predicted molar refractivity (Wildman–Crippen MR) is 79.8 cm³/mol. The van der Waals surface area contributed by atoms with Gasteiger partial charge in [-0.1, -0.05) is 12.1 Å². The van der Waals surface area contributed by atoms with Crippen molar-refractivity contribution in [2.24, 2.45) is 0 Å². The fourth-order valence-corrected chi connectivity index (χ4v) is 2.69. The van der Waals surface area contributed by atoms with Crippen LogP contribution < -0.4 is 0 Å². The van der Waals surface area contributed by atoms with E-state index in [1.165, 1.54) is 12.1 Å². The van der Waals surface area contributed by atoms with Gasteiger partial charge in [0.2, 0.25) is 0 Å². The molecular formula is C16H12BrF2N. The van der Waals surface area contributed by atoms with Gasteiger partial charge in [-0.15, -0.1) is 0 Å². The molecule has 0 radical (unpaired) electrons. The number of nitrogens with zero attached hydrogens (tertiary/aromatic N) is 1. The first-order chi connectivity index (χ1) is 9.56. The molecule has 2 aromatic carbocycles. The lowest BCUT2D eigenvalue weighted by atomic mass is 10.1. The van der Waals surface area contributed by atoms with Crippen LogP contribution in [-0.4, -0.2) is 4.57 Å². The first-order valence-corrected chi connectivity index (χ1v) is 7.03. The molecule has 0 amide bonds. The van der Waals surface area contributed by atoms with Crippen LogP contribution >= 0.6 is 15.9 Å². The third-order valence-electron chi connectivity index (χ3n) is 3.40. The fraction of sp³-hybridized carbons (Fsp3) is 0.125. The van der Waals surface area contributed by atoms with Crippen LogP contribution in [0.5, 0.6) is 0 Å². The van der Waals surface area contributed by atoms with Gasteiger partial charge in [0, 0.05) is 17.3 Å². The summed E-state index contributed by atoms with van der Waals surface area (Å²) in [7, 11) is 0. The Kier molecular flexibility index (Phi) is 3.34. The van der Waals surface area contributed by atoms with Crippen LogP contribution in [0.15, 0.2) is 47.1 Å². The van der Waals surface area contributed by atoms with Crippen molar-refractivity contribution in [1.29, 1.82) is 0 Å². The number of benzene rings is 2. The number of hydrogen-bond donors (Lipinski definition) is 0. The molecular weight excluding hydrogens is 324 g/mol. The van der Waals surface area contributed by atoms with E-state index >= 15 is 0 Å². The summed E-state index contributed by atoms with van der Waals surface area (Å²) in [6, 6.07) is 10.7. The minimum Gasteiger partial charge on any atom is -0.343 e. The first kappa shape index (κ1) is 13.3. The highest BCUT2D eigenvalue weighted by atomic mass is 79.9. The van der Waals surface area contributed by atoms with Crippen molar-refractivity contribution in [3.8, 4) is 0 Å². The van der Waals surface area contributed by atoms with E-state index in [-0.39, 0.29) is 16.6 Å². The summed E-state index contributed by atoms with van der Waals surface area (Å²) in [4.78, 5) is 0. The van der Waals surface area contributed by atoms with E-state index in [4.69, 9.17) is 0 Å². The van der Waals surface area contributed by atoms with Crippen molar-refractivity contribution in [3.63, 3.8) is 0 Å². The van der Waals surface area contributed by atoms with Crippen molar-refractivity contribution < 1.29 is 8.78 Å². The van der Waals surface area contributed by atoms with Crippen LogP contribution in [0.3, 0.4) is 0 Å². The number of aromatic nitrogens is 1. The molecule has 0 saturated heterocycles. The highest BCUT2D eigenvalue weighted by Crippen LogP contribution is 2.24. The van der Waals surface area contributed by atoms with Crippen LogP contribution in [-0.2, 0) is 6.54 Å². The second-order valence-corrected chi connectivity index (χ2v) is 5.68. The topological polar surface area (TPSA) is 4.93 Å².